The van der Waals surface area contributed by atoms with Crippen LogP contribution in [-0.4, -0.2) is 47.2 Å². The minimum absolute atomic E-state index is 0.288. The summed E-state index contributed by atoms with van der Waals surface area (Å²) in [5.41, 5.74) is -0.164. The molecule has 0 aliphatic rings. The van der Waals surface area contributed by atoms with Gasteiger partial charge in [0.2, 0.25) is 0 Å². The first-order chi connectivity index (χ1) is 8.26. The molecule has 0 heterocycles. The van der Waals surface area contributed by atoms with E-state index in [1.807, 2.05) is 30.3 Å². The van der Waals surface area contributed by atoms with Crippen molar-refractivity contribution in [3.8, 4) is 11.8 Å². The minimum Gasteiger partial charge on any atom is -0.394 e. The van der Waals surface area contributed by atoms with E-state index in [9.17, 15) is 0 Å². The second-order valence-electron chi connectivity index (χ2n) is 3.78. The number of nitrogens with one attached hydrogen (secondary N) is 1. The normalized spacial score (nSPS) is 10.8. The van der Waals surface area contributed by atoms with E-state index in [4.69, 9.17) is 15.3 Å². The van der Waals surface area contributed by atoms with Crippen molar-refractivity contribution in [1.29, 1.82) is 0 Å². The zero-order valence-corrected chi connectivity index (χ0v) is 9.56. The van der Waals surface area contributed by atoms with Gasteiger partial charge in [-0.1, -0.05) is 30.0 Å². The molecule has 1 aromatic carbocycles. The lowest BCUT2D eigenvalue weighted by Gasteiger charge is -2.27. The summed E-state index contributed by atoms with van der Waals surface area (Å²) in [5.74, 6) is 5.80. The van der Waals surface area contributed by atoms with Crippen LogP contribution in [0.25, 0.3) is 0 Å². The number of hydrogen-bond donors (Lipinski definition) is 4. The third-order valence-corrected chi connectivity index (χ3v) is 2.47. The van der Waals surface area contributed by atoms with Crippen LogP contribution < -0.4 is 5.32 Å². The number of hydrogen-bond acceptors (Lipinski definition) is 4. The van der Waals surface area contributed by atoms with E-state index in [2.05, 4.69) is 17.2 Å². The van der Waals surface area contributed by atoms with Crippen molar-refractivity contribution in [2.75, 3.05) is 26.4 Å². The molecule has 17 heavy (non-hydrogen) atoms. The summed E-state index contributed by atoms with van der Waals surface area (Å²) >= 11 is 0. The Hall–Kier alpha value is -1.38. The molecule has 4 nitrogen and oxygen atoms in total. The predicted octanol–water partition coefficient (Wildman–Crippen LogP) is -0.657. The fraction of sp³-hybridized carbons (Fsp3) is 0.385. The smallest absolute Gasteiger partial charge is 0.0888 e. The molecular formula is C13H17NO3. The summed E-state index contributed by atoms with van der Waals surface area (Å²) in [6.07, 6.45) is 0. The number of benzene rings is 1. The fourth-order valence-electron chi connectivity index (χ4n) is 1.22. The van der Waals surface area contributed by atoms with Gasteiger partial charge in [-0.05, 0) is 12.1 Å². The first-order valence-electron chi connectivity index (χ1n) is 5.38. The Bertz CT molecular complexity index is 368. The summed E-state index contributed by atoms with van der Waals surface area (Å²) in [6, 6.07) is 9.50. The van der Waals surface area contributed by atoms with E-state index in [0.29, 0.717) is 0 Å². The lowest BCUT2D eigenvalue weighted by Crippen LogP contribution is -2.54. The van der Waals surface area contributed by atoms with E-state index >= 15 is 0 Å². The van der Waals surface area contributed by atoms with Gasteiger partial charge in [0.25, 0.3) is 0 Å². The quantitative estimate of drug-likeness (QED) is 0.511. The van der Waals surface area contributed by atoms with E-state index in [1.165, 1.54) is 0 Å². The standard InChI is InChI=1S/C13H17NO3/c15-9-13(10-16,11-17)14-8-4-7-12-5-2-1-3-6-12/h1-3,5-6,14-17H,8-11H2. The first kappa shape index (κ1) is 13.7. The Morgan fingerprint density at radius 2 is 1.59 bits per heavy atom. The molecule has 0 aromatic heterocycles. The van der Waals surface area contributed by atoms with Crippen LogP contribution in [0.3, 0.4) is 0 Å². The molecule has 0 saturated heterocycles. The summed E-state index contributed by atoms with van der Waals surface area (Å²) < 4.78 is 0. The molecule has 0 unspecified atom stereocenters. The van der Waals surface area contributed by atoms with Gasteiger partial charge in [-0.25, -0.2) is 0 Å². The molecule has 0 radical (unpaired) electrons. The van der Waals surface area contributed by atoms with E-state index in [-0.39, 0.29) is 26.4 Å². The maximum Gasteiger partial charge on any atom is 0.0888 e. The molecular weight excluding hydrogens is 218 g/mol. The van der Waals surface area contributed by atoms with Gasteiger partial charge < -0.3 is 15.3 Å². The van der Waals surface area contributed by atoms with Gasteiger partial charge in [0.15, 0.2) is 0 Å². The Morgan fingerprint density at radius 3 is 2.12 bits per heavy atom. The highest BCUT2D eigenvalue weighted by Crippen LogP contribution is 2.00. The Morgan fingerprint density at radius 1 is 1.00 bits per heavy atom. The largest absolute Gasteiger partial charge is 0.394 e. The maximum atomic E-state index is 9.06. The molecule has 0 aliphatic heterocycles. The van der Waals surface area contributed by atoms with Crippen molar-refractivity contribution in [3.05, 3.63) is 35.9 Å². The average Bonchev–Trinajstić information content (AvgIpc) is 2.41. The van der Waals surface area contributed by atoms with Crippen molar-refractivity contribution in [3.63, 3.8) is 0 Å². The van der Waals surface area contributed by atoms with Gasteiger partial charge in [0, 0.05) is 5.56 Å². The monoisotopic (exact) mass is 235 g/mol. The average molecular weight is 235 g/mol. The zero-order valence-electron chi connectivity index (χ0n) is 9.56. The van der Waals surface area contributed by atoms with Crippen LogP contribution in [0.15, 0.2) is 30.3 Å². The molecule has 0 fully saturated rings. The molecule has 4 N–H and O–H groups in total. The van der Waals surface area contributed by atoms with Crippen LogP contribution in [0.5, 0.6) is 0 Å². The van der Waals surface area contributed by atoms with Crippen LogP contribution in [0, 0.1) is 11.8 Å². The second-order valence-corrected chi connectivity index (χ2v) is 3.78. The highest BCUT2D eigenvalue weighted by molar-refractivity contribution is 5.33. The Balaban J connectivity index is 2.50. The van der Waals surface area contributed by atoms with Crippen LogP contribution in [0.1, 0.15) is 5.56 Å². The number of rotatable bonds is 5. The van der Waals surface area contributed by atoms with Crippen molar-refractivity contribution >= 4 is 0 Å². The van der Waals surface area contributed by atoms with Crippen molar-refractivity contribution in [2.45, 2.75) is 5.54 Å². The van der Waals surface area contributed by atoms with Gasteiger partial charge in [0.1, 0.15) is 0 Å². The third-order valence-electron chi connectivity index (χ3n) is 2.47. The molecule has 0 amide bonds. The van der Waals surface area contributed by atoms with Crippen LogP contribution in [0.2, 0.25) is 0 Å². The van der Waals surface area contributed by atoms with Crippen LogP contribution in [0.4, 0.5) is 0 Å². The lowest BCUT2D eigenvalue weighted by molar-refractivity contribution is 0.0455. The molecule has 0 bridgehead atoms. The topological polar surface area (TPSA) is 72.7 Å². The minimum atomic E-state index is -1.06. The maximum absolute atomic E-state index is 9.06. The Kier molecular flexibility index (Phi) is 5.67. The first-order valence-corrected chi connectivity index (χ1v) is 5.38. The van der Waals surface area contributed by atoms with Gasteiger partial charge in [-0.2, -0.15) is 0 Å². The summed E-state index contributed by atoms with van der Waals surface area (Å²) in [6.45, 7) is -0.733. The molecule has 0 spiro atoms. The predicted molar refractivity (Wildman–Crippen MR) is 65.3 cm³/mol. The molecule has 0 aliphatic carbocycles. The van der Waals surface area contributed by atoms with Crippen molar-refractivity contribution < 1.29 is 15.3 Å². The molecule has 1 aromatic rings. The van der Waals surface area contributed by atoms with E-state index < -0.39 is 5.54 Å². The van der Waals surface area contributed by atoms with Gasteiger partial charge in [-0.3, -0.25) is 5.32 Å². The number of aliphatic hydroxyl groups is 3. The van der Waals surface area contributed by atoms with E-state index in [0.717, 1.165) is 5.56 Å². The third kappa shape index (κ3) is 4.17. The molecule has 92 valence electrons. The van der Waals surface area contributed by atoms with Crippen LogP contribution in [-0.2, 0) is 0 Å². The summed E-state index contributed by atoms with van der Waals surface area (Å²) in [4.78, 5) is 0. The Labute approximate surface area is 101 Å². The van der Waals surface area contributed by atoms with Gasteiger partial charge >= 0.3 is 0 Å². The van der Waals surface area contributed by atoms with Crippen LogP contribution >= 0.6 is 0 Å². The molecule has 1 rings (SSSR count). The van der Waals surface area contributed by atoms with Crippen molar-refractivity contribution in [1.82, 2.24) is 5.32 Å². The summed E-state index contributed by atoms with van der Waals surface area (Å²) in [5, 5.41) is 30.0. The summed E-state index contributed by atoms with van der Waals surface area (Å²) in [7, 11) is 0. The SMILES string of the molecule is OCC(CO)(CO)NCC#Cc1ccccc1. The molecule has 0 atom stereocenters. The lowest BCUT2D eigenvalue weighted by atomic mass is 10.0. The van der Waals surface area contributed by atoms with E-state index in [1.54, 1.807) is 0 Å². The van der Waals surface area contributed by atoms with Gasteiger partial charge in [0.05, 0.1) is 31.9 Å². The fourth-order valence-corrected chi connectivity index (χ4v) is 1.22. The highest BCUT2D eigenvalue weighted by Gasteiger charge is 2.26. The van der Waals surface area contributed by atoms with Gasteiger partial charge in [-0.15, -0.1) is 0 Å². The highest BCUT2D eigenvalue weighted by atomic mass is 16.3. The zero-order chi connectivity index (χ0) is 12.6. The number of aliphatic hydroxyl groups excluding tert-OH is 3. The molecule has 4 heteroatoms. The van der Waals surface area contributed by atoms with Crippen molar-refractivity contribution in [2.24, 2.45) is 0 Å². The second kappa shape index (κ2) is 7.05. The molecule has 0 saturated carbocycles.